The highest BCUT2D eigenvalue weighted by Crippen LogP contribution is 2.16. The number of carbonyl (C=O) groups is 3. The Labute approximate surface area is 242 Å². The summed E-state index contributed by atoms with van der Waals surface area (Å²) in [5, 5.41) is 5.64. The Morgan fingerprint density at radius 2 is 1.38 bits per heavy atom. The van der Waals surface area contributed by atoms with Crippen LogP contribution in [0.3, 0.4) is 0 Å². The molecule has 40 heavy (non-hydrogen) atoms. The van der Waals surface area contributed by atoms with Crippen LogP contribution in [0.2, 0.25) is 0 Å². The molecule has 2 heterocycles. The smallest absolute Gasteiger partial charge is 0.243 e. The van der Waals surface area contributed by atoms with Gasteiger partial charge in [-0.05, 0) is 53.5 Å². The summed E-state index contributed by atoms with van der Waals surface area (Å²) in [6.07, 6.45) is 9.42. The molecule has 8 nitrogen and oxygen atoms in total. The fourth-order valence-electron chi connectivity index (χ4n) is 3.66. The number of amides is 2. The van der Waals surface area contributed by atoms with Crippen molar-refractivity contribution in [2.75, 3.05) is 52.5 Å². The van der Waals surface area contributed by atoms with Gasteiger partial charge in [0.25, 0.3) is 0 Å². The van der Waals surface area contributed by atoms with E-state index in [-0.39, 0.29) is 29.7 Å². The van der Waals surface area contributed by atoms with Gasteiger partial charge in [0.1, 0.15) is 5.83 Å². The van der Waals surface area contributed by atoms with Crippen LogP contribution in [0, 0.1) is 11.3 Å². The van der Waals surface area contributed by atoms with Gasteiger partial charge >= 0.3 is 0 Å². The Hall–Kier alpha value is -2.36. The molecule has 9 heteroatoms. The second kappa shape index (κ2) is 20.5. The maximum atomic E-state index is 12.1. The average Bonchev–Trinajstić information content (AvgIpc) is 3.23. The molecule has 0 spiro atoms. The molecule has 2 N–H and O–H groups in total. The van der Waals surface area contributed by atoms with Crippen molar-refractivity contribution in [3.05, 3.63) is 36.2 Å². The quantitative estimate of drug-likeness (QED) is 0.405. The van der Waals surface area contributed by atoms with Crippen molar-refractivity contribution in [3.63, 3.8) is 0 Å². The molecule has 0 aromatic rings. The lowest BCUT2D eigenvalue weighted by Crippen LogP contribution is -2.36. The summed E-state index contributed by atoms with van der Waals surface area (Å²) >= 11 is 0. The summed E-state index contributed by atoms with van der Waals surface area (Å²) in [4.78, 5) is 38.1. The number of ketones is 1. The maximum Gasteiger partial charge on any atom is 0.243 e. The van der Waals surface area contributed by atoms with E-state index in [1.807, 2.05) is 39.8 Å². The normalized spacial score (nSPS) is 18.9. The van der Waals surface area contributed by atoms with Gasteiger partial charge in [0.2, 0.25) is 11.8 Å². The number of halogens is 1. The van der Waals surface area contributed by atoms with E-state index in [9.17, 15) is 18.8 Å². The number of hydrogen-bond acceptors (Lipinski definition) is 6. The minimum Gasteiger partial charge on any atom is -0.379 e. The van der Waals surface area contributed by atoms with E-state index in [0.717, 1.165) is 64.5 Å². The van der Waals surface area contributed by atoms with Gasteiger partial charge < -0.3 is 15.4 Å². The van der Waals surface area contributed by atoms with Crippen molar-refractivity contribution in [2.24, 2.45) is 11.3 Å². The standard InChI is InChI=1S/C12H22N2O.C11H20N2O2.C8H13FO/c1-10(2)13-12(15)5-4-7-14-8-6-11(3)9-14;1-10(2)12-11(14)4-3-5-13-6-8-15-9-7-13;1-6(9)5-7(10)8(2,3)4/h4-5,10-11H,6-9H2,1-3H3,(H,13,15);3-4,10H,5-9H2,1-2H3,(H,12,14);5H,1-4H3/b5-4+;4-3+;6-5-/t11-;;/m0../s1. The first-order chi connectivity index (χ1) is 18.6. The van der Waals surface area contributed by atoms with Crippen LogP contribution >= 0.6 is 0 Å². The number of rotatable bonds is 9. The molecule has 2 amide bonds. The Kier molecular flexibility index (Phi) is 19.3. The zero-order chi connectivity index (χ0) is 30.7. The van der Waals surface area contributed by atoms with Gasteiger partial charge in [-0.2, -0.15) is 0 Å². The number of ether oxygens (including phenoxy) is 1. The first-order valence-corrected chi connectivity index (χ1v) is 14.4. The number of allylic oxidation sites excluding steroid dienone is 2. The lowest BCUT2D eigenvalue weighted by atomic mass is 9.91. The second-order valence-corrected chi connectivity index (χ2v) is 12.0. The molecule has 2 saturated heterocycles. The predicted octanol–water partition coefficient (Wildman–Crippen LogP) is 4.28. The number of nitrogens with one attached hydrogen (secondary N) is 2. The first-order valence-electron chi connectivity index (χ1n) is 14.4. The molecule has 0 unspecified atom stereocenters. The lowest BCUT2D eigenvalue weighted by Gasteiger charge is -2.25. The summed E-state index contributed by atoms with van der Waals surface area (Å²) < 4.78 is 17.4. The van der Waals surface area contributed by atoms with Crippen LogP contribution in [-0.2, 0) is 19.1 Å². The largest absolute Gasteiger partial charge is 0.379 e. The fraction of sp³-hybridized carbons (Fsp3) is 0.710. The zero-order valence-corrected chi connectivity index (χ0v) is 26.4. The van der Waals surface area contributed by atoms with E-state index in [1.54, 1.807) is 32.9 Å². The summed E-state index contributed by atoms with van der Waals surface area (Å²) in [5.41, 5.74) is -0.465. The number of likely N-dealkylation sites (tertiary alicyclic amines) is 1. The molecule has 0 saturated carbocycles. The van der Waals surface area contributed by atoms with Crippen LogP contribution < -0.4 is 10.6 Å². The summed E-state index contributed by atoms with van der Waals surface area (Å²) in [5.74, 6) is 0.200. The maximum absolute atomic E-state index is 12.1. The van der Waals surface area contributed by atoms with E-state index in [2.05, 4.69) is 27.4 Å². The number of carbonyl (C=O) groups excluding carboxylic acids is 3. The van der Waals surface area contributed by atoms with Gasteiger partial charge in [-0.25, -0.2) is 4.39 Å². The van der Waals surface area contributed by atoms with Gasteiger partial charge in [-0.1, -0.05) is 39.8 Å². The molecule has 2 aliphatic heterocycles. The van der Waals surface area contributed by atoms with Crippen LogP contribution in [0.4, 0.5) is 4.39 Å². The van der Waals surface area contributed by atoms with Crippen molar-refractivity contribution in [2.45, 2.75) is 80.8 Å². The molecule has 0 aromatic carbocycles. The van der Waals surface area contributed by atoms with Crippen LogP contribution in [0.15, 0.2) is 36.2 Å². The average molecular weight is 567 g/mol. The number of hydrogen-bond donors (Lipinski definition) is 2. The Morgan fingerprint density at radius 1 is 0.900 bits per heavy atom. The van der Waals surface area contributed by atoms with Crippen molar-refractivity contribution in [1.29, 1.82) is 0 Å². The fourth-order valence-corrected chi connectivity index (χ4v) is 3.66. The van der Waals surface area contributed by atoms with Gasteiger partial charge in [0.05, 0.1) is 13.2 Å². The van der Waals surface area contributed by atoms with Crippen LogP contribution in [-0.4, -0.2) is 92.0 Å². The number of morpholine rings is 1. The summed E-state index contributed by atoms with van der Waals surface area (Å²) in [7, 11) is 0. The third-order valence-electron chi connectivity index (χ3n) is 5.81. The zero-order valence-electron chi connectivity index (χ0n) is 26.4. The van der Waals surface area contributed by atoms with E-state index < -0.39 is 11.2 Å². The molecule has 0 bridgehead atoms. The predicted molar refractivity (Wildman–Crippen MR) is 162 cm³/mol. The third-order valence-corrected chi connectivity index (χ3v) is 5.81. The third kappa shape index (κ3) is 21.5. The Bertz CT molecular complexity index is 802. The second-order valence-electron chi connectivity index (χ2n) is 12.0. The minimum absolute atomic E-state index is 0.0113. The van der Waals surface area contributed by atoms with E-state index in [4.69, 9.17) is 4.74 Å². The molecule has 2 rings (SSSR count). The van der Waals surface area contributed by atoms with Crippen LogP contribution in [0.1, 0.15) is 68.7 Å². The summed E-state index contributed by atoms with van der Waals surface area (Å²) in [6.45, 7) is 24.2. The first kappa shape index (κ1) is 37.6. The van der Waals surface area contributed by atoms with Crippen LogP contribution in [0.5, 0.6) is 0 Å². The van der Waals surface area contributed by atoms with Crippen LogP contribution in [0.25, 0.3) is 0 Å². The lowest BCUT2D eigenvalue weighted by molar-refractivity contribution is -0.121. The molecular formula is C31H55FN4O4. The molecule has 2 aliphatic rings. The van der Waals surface area contributed by atoms with Gasteiger partial charge in [0, 0.05) is 68.5 Å². The molecule has 0 radical (unpaired) electrons. The highest BCUT2D eigenvalue weighted by Gasteiger charge is 2.19. The van der Waals surface area contributed by atoms with Crippen molar-refractivity contribution in [1.82, 2.24) is 20.4 Å². The Morgan fingerprint density at radius 3 is 1.73 bits per heavy atom. The van der Waals surface area contributed by atoms with Gasteiger partial charge in [-0.3, -0.25) is 24.2 Å². The molecule has 2 fully saturated rings. The van der Waals surface area contributed by atoms with E-state index >= 15 is 0 Å². The molecule has 230 valence electrons. The van der Waals surface area contributed by atoms with Crippen molar-refractivity contribution in [3.8, 4) is 0 Å². The highest BCUT2D eigenvalue weighted by atomic mass is 19.1. The minimum atomic E-state index is -0.465. The van der Waals surface area contributed by atoms with E-state index in [0.29, 0.717) is 0 Å². The molecule has 1 atom stereocenters. The number of nitrogens with zero attached hydrogens (tertiary/aromatic N) is 2. The highest BCUT2D eigenvalue weighted by molar-refractivity contribution is 5.94. The topological polar surface area (TPSA) is 91.0 Å². The monoisotopic (exact) mass is 566 g/mol. The molecule has 0 aliphatic carbocycles. The Balaban J connectivity index is 0.000000585. The van der Waals surface area contributed by atoms with E-state index in [1.165, 1.54) is 13.3 Å². The van der Waals surface area contributed by atoms with Gasteiger partial charge in [0.15, 0.2) is 5.78 Å². The van der Waals surface area contributed by atoms with Crippen molar-refractivity contribution >= 4 is 17.6 Å². The molecule has 0 aromatic heterocycles. The van der Waals surface area contributed by atoms with Crippen molar-refractivity contribution < 1.29 is 23.5 Å². The van der Waals surface area contributed by atoms with Gasteiger partial charge in [-0.15, -0.1) is 0 Å². The molecular weight excluding hydrogens is 511 g/mol. The summed E-state index contributed by atoms with van der Waals surface area (Å²) in [6, 6.07) is 0.416. The SMILES string of the molecule is C/C(F)=C/C(=O)C(C)(C)C.CC(C)NC(=O)/C=C/CN1CCOCC1.CC(C)NC(=O)/C=C/CN1CC[C@H](C)C1.